The highest BCUT2D eigenvalue weighted by atomic mass is 32.2. The number of ether oxygens (including phenoxy) is 1. The monoisotopic (exact) mass is 387 g/mol. The number of morpholine rings is 1. The zero-order chi connectivity index (χ0) is 18.4. The van der Waals surface area contributed by atoms with Gasteiger partial charge in [-0.3, -0.25) is 4.90 Å². The molecule has 0 N–H and O–H groups in total. The Morgan fingerprint density at radius 1 is 0.923 bits per heavy atom. The molecule has 0 amide bonds. The minimum Gasteiger partial charge on any atom is -0.379 e. The van der Waals surface area contributed by atoms with Crippen molar-refractivity contribution < 1.29 is 4.74 Å². The van der Waals surface area contributed by atoms with E-state index in [-0.39, 0.29) is 5.54 Å². The Balaban J connectivity index is 1.54. The lowest BCUT2D eigenvalue weighted by molar-refractivity contribution is -0.00984. The van der Waals surface area contributed by atoms with Gasteiger partial charge < -0.3 is 4.74 Å². The van der Waals surface area contributed by atoms with Gasteiger partial charge in [-0.1, -0.05) is 36.4 Å². The molecule has 140 valence electrons. The van der Waals surface area contributed by atoms with Crippen LogP contribution in [0.4, 0.5) is 0 Å². The van der Waals surface area contributed by atoms with Gasteiger partial charge in [0.25, 0.3) is 0 Å². The minimum absolute atomic E-state index is 0.174. The highest BCUT2D eigenvalue weighted by molar-refractivity contribution is 7.98. The fourth-order valence-electron chi connectivity index (χ4n) is 3.39. The Kier molecular flexibility index (Phi) is 7.10. The summed E-state index contributed by atoms with van der Waals surface area (Å²) in [6, 6.07) is 17.8. The van der Waals surface area contributed by atoms with Gasteiger partial charge in [0, 0.05) is 35.0 Å². The first-order chi connectivity index (χ1) is 12.6. The van der Waals surface area contributed by atoms with Crippen LogP contribution in [-0.4, -0.2) is 36.7 Å². The number of rotatable bonds is 7. The number of hydrogen-bond donors (Lipinski definition) is 1. The van der Waals surface area contributed by atoms with E-state index in [1.807, 2.05) is 11.8 Å². The van der Waals surface area contributed by atoms with Gasteiger partial charge in [0.05, 0.1) is 13.2 Å². The molecule has 1 saturated heterocycles. The minimum atomic E-state index is 0.174. The fraction of sp³-hybridized carbons (Fsp3) is 0.455. The smallest absolute Gasteiger partial charge is 0.0594 e. The van der Waals surface area contributed by atoms with Gasteiger partial charge in [-0.05, 0) is 49.1 Å². The van der Waals surface area contributed by atoms with E-state index in [1.165, 1.54) is 21.6 Å². The molecule has 4 heteroatoms. The summed E-state index contributed by atoms with van der Waals surface area (Å²) < 4.78 is 5.49. The van der Waals surface area contributed by atoms with Crippen LogP contribution in [0.3, 0.4) is 0 Å². The Labute approximate surface area is 167 Å². The lowest BCUT2D eigenvalue weighted by Gasteiger charge is -2.41. The number of thioether (sulfide) groups is 1. The molecule has 1 aliphatic rings. The van der Waals surface area contributed by atoms with Gasteiger partial charge in [0.15, 0.2) is 0 Å². The van der Waals surface area contributed by atoms with Crippen molar-refractivity contribution in [3.8, 4) is 0 Å². The van der Waals surface area contributed by atoms with E-state index in [2.05, 4.69) is 79.9 Å². The summed E-state index contributed by atoms with van der Waals surface area (Å²) in [5.41, 5.74) is 4.21. The van der Waals surface area contributed by atoms with E-state index in [9.17, 15) is 0 Å². The van der Waals surface area contributed by atoms with Gasteiger partial charge >= 0.3 is 0 Å². The SMILES string of the molecule is CC(C)(Cc1ccc(SCc2ccc(CS)cc2)cc1)N1CCOCC1. The number of benzene rings is 2. The van der Waals surface area contributed by atoms with Crippen molar-refractivity contribution in [1.29, 1.82) is 0 Å². The largest absolute Gasteiger partial charge is 0.379 e. The third-order valence-corrected chi connectivity index (χ3v) is 6.49. The van der Waals surface area contributed by atoms with Crippen molar-refractivity contribution >= 4 is 24.4 Å². The van der Waals surface area contributed by atoms with Gasteiger partial charge in [-0.2, -0.15) is 12.6 Å². The highest BCUT2D eigenvalue weighted by Crippen LogP contribution is 2.26. The second-order valence-corrected chi connectivity index (χ2v) is 8.86. The first kappa shape index (κ1) is 19.8. The lowest BCUT2D eigenvalue weighted by Crippen LogP contribution is -2.51. The summed E-state index contributed by atoms with van der Waals surface area (Å²) in [7, 11) is 0. The molecule has 1 aliphatic heterocycles. The molecule has 1 fully saturated rings. The van der Waals surface area contributed by atoms with Crippen LogP contribution in [0.2, 0.25) is 0 Å². The molecule has 3 rings (SSSR count). The van der Waals surface area contributed by atoms with Crippen molar-refractivity contribution in [2.24, 2.45) is 0 Å². The molecule has 0 spiro atoms. The molecule has 0 radical (unpaired) electrons. The molecule has 0 unspecified atom stereocenters. The molecular formula is C22H29NOS2. The molecule has 2 aromatic rings. The van der Waals surface area contributed by atoms with Crippen LogP contribution < -0.4 is 0 Å². The predicted molar refractivity (Wildman–Crippen MR) is 115 cm³/mol. The van der Waals surface area contributed by atoms with Crippen molar-refractivity contribution in [3.05, 3.63) is 65.2 Å². The highest BCUT2D eigenvalue weighted by Gasteiger charge is 2.28. The lowest BCUT2D eigenvalue weighted by atomic mass is 9.92. The third-order valence-electron chi connectivity index (χ3n) is 5.04. The first-order valence-electron chi connectivity index (χ1n) is 9.30. The number of thiol groups is 1. The van der Waals surface area contributed by atoms with Crippen LogP contribution >= 0.6 is 24.4 Å². The van der Waals surface area contributed by atoms with Crippen LogP contribution in [0.1, 0.15) is 30.5 Å². The van der Waals surface area contributed by atoms with E-state index in [0.717, 1.165) is 44.2 Å². The maximum absolute atomic E-state index is 5.49. The first-order valence-corrected chi connectivity index (χ1v) is 10.9. The maximum atomic E-state index is 5.49. The summed E-state index contributed by atoms with van der Waals surface area (Å²) in [4.78, 5) is 3.88. The van der Waals surface area contributed by atoms with Gasteiger partial charge in [-0.25, -0.2) is 0 Å². The summed E-state index contributed by atoms with van der Waals surface area (Å²) in [6.45, 7) is 8.47. The quantitative estimate of drug-likeness (QED) is 0.527. The zero-order valence-corrected chi connectivity index (χ0v) is 17.5. The average molecular weight is 388 g/mol. The number of hydrogen-bond acceptors (Lipinski definition) is 4. The van der Waals surface area contributed by atoms with E-state index in [0.29, 0.717) is 0 Å². The van der Waals surface area contributed by atoms with Crippen molar-refractivity contribution in [1.82, 2.24) is 4.90 Å². The predicted octanol–water partition coefficient (Wildman–Crippen LogP) is 5.06. The third kappa shape index (κ3) is 5.53. The molecule has 1 heterocycles. The summed E-state index contributed by atoms with van der Waals surface area (Å²) in [5.74, 6) is 1.81. The Bertz CT molecular complexity index is 676. The fourth-order valence-corrected chi connectivity index (χ4v) is 4.46. The van der Waals surface area contributed by atoms with E-state index in [1.54, 1.807) is 0 Å². The molecule has 2 nitrogen and oxygen atoms in total. The maximum Gasteiger partial charge on any atom is 0.0594 e. The molecule has 0 aromatic heterocycles. The van der Waals surface area contributed by atoms with Crippen molar-refractivity contribution in [2.45, 2.75) is 42.2 Å². The van der Waals surface area contributed by atoms with Crippen LogP contribution in [0.25, 0.3) is 0 Å². The summed E-state index contributed by atoms with van der Waals surface area (Å²) >= 11 is 6.21. The molecule has 0 bridgehead atoms. The van der Waals surface area contributed by atoms with Crippen LogP contribution in [0.15, 0.2) is 53.4 Å². The van der Waals surface area contributed by atoms with Gasteiger partial charge in [-0.15, -0.1) is 11.8 Å². The van der Waals surface area contributed by atoms with E-state index >= 15 is 0 Å². The van der Waals surface area contributed by atoms with E-state index in [4.69, 9.17) is 4.74 Å². The van der Waals surface area contributed by atoms with E-state index < -0.39 is 0 Å². The van der Waals surface area contributed by atoms with Gasteiger partial charge in [0.2, 0.25) is 0 Å². The Morgan fingerprint density at radius 2 is 1.50 bits per heavy atom. The van der Waals surface area contributed by atoms with Crippen LogP contribution in [0, 0.1) is 0 Å². The molecule has 2 aromatic carbocycles. The summed E-state index contributed by atoms with van der Waals surface area (Å²) in [5, 5.41) is 0. The van der Waals surface area contributed by atoms with Crippen molar-refractivity contribution in [3.63, 3.8) is 0 Å². The second-order valence-electron chi connectivity index (χ2n) is 7.50. The Morgan fingerprint density at radius 3 is 2.12 bits per heavy atom. The normalized spacial score (nSPS) is 16.0. The average Bonchev–Trinajstić information content (AvgIpc) is 2.68. The van der Waals surface area contributed by atoms with Crippen molar-refractivity contribution in [2.75, 3.05) is 26.3 Å². The molecule has 26 heavy (non-hydrogen) atoms. The second kappa shape index (κ2) is 9.32. The zero-order valence-electron chi connectivity index (χ0n) is 15.8. The van der Waals surface area contributed by atoms with Crippen LogP contribution in [-0.2, 0) is 22.7 Å². The topological polar surface area (TPSA) is 12.5 Å². The number of nitrogens with zero attached hydrogens (tertiary/aromatic N) is 1. The molecule has 0 saturated carbocycles. The van der Waals surface area contributed by atoms with Crippen LogP contribution in [0.5, 0.6) is 0 Å². The Hall–Kier alpha value is -0.940. The standard InChI is InChI=1S/C22H29NOS2/c1-22(2,23-11-13-24-14-12-23)15-18-7-9-21(10-8-18)26-17-20-5-3-19(16-25)4-6-20/h3-10,25H,11-17H2,1-2H3. The van der Waals surface area contributed by atoms with Gasteiger partial charge in [0.1, 0.15) is 0 Å². The summed E-state index contributed by atoms with van der Waals surface area (Å²) in [6.07, 6.45) is 1.07. The molecule has 0 aliphatic carbocycles. The molecular weight excluding hydrogens is 358 g/mol. The molecule has 0 atom stereocenters.